The molecule has 2 unspecified atom stereocenters. The molecule has 9 nitrogen and oxygen atoms in total. The van der Waals surface area contributed by atoms with Crippen molar-refractivity contribution in [3.8, 4) is 0 Å². The van der Waals surface area contributed by atoms with E-state index in [9.17, 15) is 18.0 Å². The van der Waals surface area contributed by atoms with Crippen LogP contribution in [0.1, 0.15) is 56.9 Å². The second-order valence-electron chi connectivity index (χ2n) is 8.06. The third kappa shape index (κ3) is 10.6. The maximum absolute atomic E-state index is 13.0. The van der Waals surface area contributed by atoms with E-state index in [0.29, 0.717) is 45.2 Å². The minimum atomic E-state index is -3.88. The SMILES string of the molecule is Cc1ccc(S(=O)(=O)C(CCCCN)C(=O)OCCCCOC(=O)C(N)CCCCN)cc1. The van der Waals surface area contributed by atoms with Crippen molar-refractivity contribution in [1.29, 1.82) is 0 Å². The third-order valence-corrected chi connectivity index (χ3v) is 7.31. The smallest absolute Gasteiger partial charge is 0.324 e. The fraction of sp³-hybridized carbons (Fsp3) is 0.652. The van der Waals surface area contributed by atoms with Gasteiger partial charge in [0.2, 0.25) is 0 Å². The average molecular weight is 486 g/mol. The topological polar surface area (TPSA) is 165 Å². The lowest BCUT2D eigenvalue weighted by molar-refractivity contribution is -0.147. The number of hydrogen-bond donors (Lipinski definition) is 3. The number of esters is 2. The predicted octanol–water partition coefficient (Wildman–Crippen LogP) is 1.59. The molecule has 188 valence electrons. The van der Waals surface area contributed by atoms with Gasteiger partial charge in [0.25, 0.3) is 0 Å². The first-order chi connectivity index (χ1) is 15.7. The van der Waals surface area contributed by atoms with Crippen LogP contribution in [0, 0.1) is 6.92 Å². The Kier molecular flexibility index (Phi) is 13.9. The van der Waals surface area contributed by atoms with E-state index in [4.69, 9.17) is 26.7 Å². The maximum atomic E-state index is 13.0. The van der Waals surface area contributed by atoms with E-state index < -0.39 is 33.1 Å². The molecular formula is C23H39N3O6S. The van der Waals surface area contributed by atoms with Gasteiger partial charge in [-0.05, 0) is 70.7 Å². The first kappa shape index (κ1) is 29.0. The minimum Gasteiger partial charge on any atom is -0.465 e. The Bertz CT molecular complexity index is 814. The molecule has 2 atom stereocenters. The molecule has 0 radical (unpaired) electrons. The minimum absolute atomic E-state index is 0.0374. The zero-order valence-corrected chi connectivity index (χ0v) is 20.4. The number of aryl methyl sites for hydroxylation is 1. The summed E-state index contributed by atoms with van der Waals surface area (Å²) in [7, 11) is -3.88. The van der Waals surface area contributed by atoms with Crippen LogP contribution in [0.3, 0.4) is 0 Å². The van der Waals surface area contributed by atoms with Crippen LogP contribution < -0.4 is 17.2 Å². The Morgan fingerprint density at radius 3 is 1.88 bits per heavy atom. The Balaban J connectivity index is 2.51. The van der Waals surface area contributed by atoms with Crippen molar-refractivity contribution < 1.29 is 27.5 Å². The van der Waals surface area contributed by atoms with Crippen LogP contribution in [0.4, 0.5) is 0 Å². The van der Waals surface area contributed by atoms with Crippen molar-refractivity contribution in [3.63, 3.8) is 0 Å². The van der Waals surface area contributed by atoms with Crippen molar-refractivity contribution >= 4 is 21.8 Å². The van der Waals surface area contributed by atoms with E-state index in [0.717, 1.165) is 18.4 Å². The molecule has 1 aromatic carbocycles. The molecule has 1 rings (SSSR count). The van der Waals surface area contributed by atoms with Gasteiger partial charge in [-0.2, -0.15) is 0 Å². The van der Waals surface area contributed by atoms with Crippen molar-refractivity contribution in [2.45, 2.75) is 74.5 Å². The van der Waals surface area contributed by atoms with Gasteiger partial charge in [0, 0.05) is 0 Å². The van der Waals surface area contributed by atoms with Crippen molar-refractivity contribution in [1.82, 2.24) is 0 Å². The summed E-state index contributed by atoms with van der Waals surface area (Å²) in [5.41, 5.74) is 17.6. The predicted molar refractivity (Wildman–Crippen MR) is 127 cm³/mol. The van der Waals surface area contributed by atoms with E-state index in [2.05, 4.69) is 0 Å². The van der Waals surface area contributed by atoms with Gasteiger partial charge in [-0.25, -0.2) is 8.42 Å². The van der Waals surface area contributed by atoms with E-state index in [1.165, 1.54) is 12.1 Å². The van der Waals surface area contributed by atoms with Crippen LogP contribution in [0.25, 0.3) is 0 Å². The lowest BCUT2D eigenvalue weighted by atomic mass is 10.1. The van der Waals surface area contributed by atoms with Crippen LogP contribution in [0.15, 0.2) is 29.2 Å². The first-order valence-electron chi connectivity index (χ1n) is 11.5. The van der Waals surface area contributed by atoms with Crippen LogP contribution in [0.2, 0.25) is 0 Å². The Hall–Kier alpha value is -2.01. The molecular weight excluding hydrogens is 446 g/mol. The number of rotatable bonds is 17. The normalized spacial score (nSPS) is 13.3. The first-order valence-corrected chi connectivity index (χ1v) is 13.1. The number of benzene rings is 1. The van der Waals surface area contributed by atoms with Gasteiger partial charge in [0.15, 0.2) is 15.1 Å². The molecule has 6 N–H and O–H groups in total. The highest BCUT2D eigenvalue weighted by atomic mass is 32.2. The monoisotopic (exact) mass is 485 g/mol. The van der Waals surface area contributed by atoms with Crippen LogP contribution in [-0.4, -0.2) is 58.0 Å². The van der Waals surface area contributed by atoms with Crippen molar-refractivity contribution in [3.05, 3.63) is 29.8 Å². The molecule has 0 saturated carbocycles. The number of nitrogens with two attached hydrogens (primary N) is 3. The van der Waals surface area contributed by atoms with Crippen molar-refractivity contribution in [2.24, 2.45) is 17.2 Å². The number of carbonyl (C=O) groups is 2. The van der Waals surface area contributed by atoms with Gasteiger partial charge in [0.1, 0.15) is 6.04 Å². The zero-order valence-electron chi connectivity index (χ0n) is 19.5. The second kappa shape index (κ2) is 15.8. The van der Waals surface area contributed by atoms with Gasteiger partial charge >= 0.3 is 11.9 Å². The molecule has 0 spiro atoms. The maximum Gasteiger partial charge on any atom is 0.324 e. The van der Waals surface area contributed by atoms with Crippen molar-refractivity contribution in [2.75, 3.05) is 26.3 Å². The number of hydrogen-bond acceptors (Lipinski definition) is 9. The van der Waals surface area contributed by atoms with Gasteiger partial charge < -0.3 is 26.7 Å². The number of sulfone groups is 1. The average Bonchev–Trinajstić information content (AvgIpc) is 2.78. The Labute approximate surface area is 197 Å². The molecule has 10 heteroatoms. The quantitative estimate of drug-likeness (QED) is 0.219. The van der Waals surface area contributed by atoms with E-state index >= 15 is 0 Å². The number of ether oxygens (including phenoxy) is 2. The van der Waals surface area contributed by atoms with Crippen LogP contribution in [0.5, 0.6) is 0 Å². The third-order valence-electron chi connectivity index (χ3n) is 5.21. The zero-order chi connectivity index (χ0) is 24.7. The molecule has 0 aliphatic heterocycles. The summed E-state index contributed by atoms with van der Waals surface area (Å²) in [4.78, 5) is 24.6. The molecule has 1 aromatic rings. The molecule has 33 heavy (non-hydrogen) atoms. The second-order valence-corrected chi connectivity index (χ2v) is 10.2. The molecule has 0 aromatic heterocycles. The van der Waals surface area contributed by atoms with E-state index in [1.807, 2.05) is 6.92 Å². The summed E-state index contributed by atoms with van der Waals surface area (Å²) in [5, 5.41) is -1.28. The standard InChI is InChI=1S/C23H39N3O6S/c1-18-10-12-19(13-11-18)33(29,30)21(9-3-5-15-25)23(28)32-17-7-6-16-31-22(27)20(26)8-2-4-14-24/h10-13,20-21H,2-9,14-17,24-26H2,1H3. The molecule has 0 saturated heterocycles. The fourth-order valence-electron chi connectivity index (χ4n) is 3.14. The summed E-state index contributed by atoms with van der Waals surface area (Å²) in [6.07, 6.45) is 4.26. The van der Waals surface area contributed by atoms with Gasteiger partial charge in [-0.1, -0.05) is 30.5 Å². The largest absolute Gasteiger partial charge is 0.465 e. The number of unbranched alkanes of at least 4 members (excludes halogenated alkanes) is 3. The highest BCUT2D eigenvalue weighted by Crippen LogP contribution is 2.22. The summed E-state index contributed by atoms with van der Waals surface area (Å²) >= 11 is 0. The van der Waals surface area contributed by atoms with Gasteiger partial charge in [0.05, 0.1) is 18.1 Å². The van der Waals surface area contributed by atoms with Crippen LogP contribution in [-0.2, 0) is 28.9 Å². The summed E-state index contributed by atoms with van der Waals surface area (Å²) < 4.78 is 36.5. The molecule has 0 fully saturated rings. The lowest BCUT2D eigenvalue weighted by Crippen LogP contribution is -2.33. The molecule has 0 heterocycles. The Morgan fingerprint density at radius 2 is 1.33 bits per heavy atom. The molecule has 0 bridgehead atoms. The summed E-state index contributed by atoms with van der Waals surface area (Å²) in [6.45, 7) is 3.02. The highest BCUT2D eigenvalue weighted by Gasteiger charge is 2.34. The Morgan fingerprint density at radius 1 is 0.818 bits per heavy atom. The van der Waals surface area contributed by atoms with E-state index in [1.54, 1.807) is 12.1 Å². The van der Waals surface area contributed by atoms with Gasteiger partial charge in [-0.3, -0.25) is 9.59 Å². The number of carbonyl (C=O) groups excluding carboxylic acids is 2. The summed E-state index contributed by atoms with van der Waals surface area (Å²) in [5.74, 6) is -1.24. The molecule has 0 aliphatic rings. The lowest BCUT2D eigenvalue weighted by Gasteiger charge is -2.17. The highest BCUT2D eigenvalue weighted by molar-refractivity contribution is 7.92. The van der Waals surface area contributed by atoms with Gasteiger partial charge in [-0.15, -0.1) is 0 Å². The summed E-state index contributed by atoms with van der Waals surface area (Å²) in [6, 6.07) is 5.73. The van der Waals surface area contributed by atoms with E-state index in [-0.39, 0.29) is 24.5 Å². The van der Waals surface area contributed by atoms with Crippen LogP contribution >= 0.6 is 0 Å². The molecule has 0 amide bonds. The molecule has 0 aliphatic carbocycles. The fourth-order valence-corrected chi connectivity index (χ4v) is 4.78.